The van der Waals surface area contributed by atoms with Gasteiger partial charge in [0.15, 0.2) is 0 Å². The van der Waals surface area contributed by atoms with Gasteiger partial charge in [0.2, 0.25) is 0 Å². The Kier molecular flexibility index (Phi) is 5.42. The van der Waals surface area contributed by atoms with Crippen LogP contribution in [-0.4, -0.2) is 36.5 Å². The van der Waals surface area contributed by atoms with E-state index in [-0.39, 0.29) is 17.5 Å². The molecule has 3 unspecified atom stereocenters. The number of hydrogen-bond acceptors (Lipinski definition) is 3. The monoisotopic (exact) mass is 385 g/mol. The third-order valence-electron chi connectivity index (χ3n) is 5.91. The number of hydrazine groups is 1. The summed E-state index contributed by atoms with van der Waals surface area (Å²) in [5.74, 6) is -1.15. The lowest BCUT2D eigenvalue weighted by Gasteiger charge is -2.37. The van der Waals surface area contributed by atoms with Gasteiger partial charge in [-0.15, -0.1) is 0 Å². The molecule has 0 spiro atoms. The van der Waals surface area contributed by atoms with Gasteiger partial charge in [-0.1, -0.05) is 29.8 Å². The maximum Gasteiger partial charge on any atom is 0.256 e. The van der Waals surface area contributed by atoms with Gasteiger partial charge in [-0.05, 0) is 49.4 Å². The van der Waals surface area contributed by atoms with Gasteiger partial charge in [0.25, 0.3) is 5.91 Å². The van der Waals surface area contributed by atoms with E-state index in [1.807, 2.05) is 0 Å². The van der Waals surface area contributed by atoms with Crippen LogP contribution in [0.2, 0.25) is 0 Å². The molecule has 0 aromatic heterocycles. The molecule has 0 bridgehead atoms. The second-order valence-corrected chi connectivity index (χ2v) is 7.85. The number of carbonyl (C=O) groups is 1. The number of nitrogens with zero attached hydrogens (tertiary/aromatic N) is 1. The van der Waals surface area contributed by atoms with Gasteiger partial charge in [0, 0.05) is 31.6 Å². The molecule has 2 fully saturated rings. The summed E-state index contributed by atoms with van der Waals surface area (Å²) in [6.07, 6.45) is 1.85. The topological polar surface area (TPSA) is 44.4 Å². The van der Waals surface area contributed by atoms with Gasteiger partial charge in [-0.2, -0.15) is 0 Å². The first-order valence-electron chi connectivity index (χ1n) is 9.82. The first-order chi connectivity index (χ1) is 13.5. The van der Waals surface area contributed by atoms with E-state index in [1.165, 1.54) is 11.1 Å². The van der Waals surface area contributed by atoms with Crippen LogP contribution in [0.4, 0.5) is 8.78 Å². The molecule has 28 heavy (non-hydrogen) atoms. The minimum absolute atomic E-state index is 0.187. The molecule has 2 aliphatic heterocycles. The third-order valence-corrected chi connectivity index (χ3v) is 5.91. The van der Waals surface area contributed by atoms with Crippen molar-refractivity contribution < 1.29 is 13.6 Å². The van der Waals surface area contributed by atoms with Crippen LogP contribution in [0.15, 0.2) is 42.5 Å². The summed E-state index contributed by atoms with van der Waals surface area (Å²) in [5, 5.41) is 0. The SMILES string of the molecule is Cc1cccc(C2CNNC2C2CCCN(C(=O)c3cc(F)ccc3F)C2)c1. The molecule has 2 heterocycles. The fourth-order valence-electron chi connectivity index (χ4n) is 4.51. The summed E-state index contributed by atoms with van der Waals surface area (Å²) >= 11 is 0. The minimum Gasteiger partial charge on any atom is -0.338 e. The van der Waals surface area contributed by atoms with Gasteiger partial charge < -0.3 is 4.90 Å². The van der Waals surface area contributed by atoms with Crippen molar-refractivity contribution in [1.29, 1.82) is 0 Å². The smallest absolute Gasteiger partial charge is 0.256 e. The quantitative estimate of drug-likeness (QED) is 0.851. The first kappa shape index (κ1) is 19.0. The molecule has 2 N–H and O–H groups in total. The predicted molar refractivity (Wildman–Crippen MR) is 104 cm³/mol. The number of nitrogens with one attached hydrogen (secondary N) is 2. The fourth-order valence-corrected chi connectivity index (χ4v) is 4.51. The number of amides is 1. The largest absolute Gasteiger partial charge is 0.338 e. The van der Waals surface area contributed by atoms with Crippen LogP contribution in [0, 0.1) is 24.5 Å². The second kappa shape index (κ2) is 7.97. The molecule has 2 aromatic rings. The van der Waals surface area contributed by atoms with Crippen molar-refractivity contribution in [3.05, 3.63) is 70.8 Å². The molecule has 2 aliphatic rings. The molecule has 2 saturated heterocycles. The minimum atomic E-state index is -0.674. The van der Waals surface area contributed by atoms with E-state index in [0.29, 0.717) is 19.0 Å². The van der Waals surface area contributed by atoms with E-state index >= 15 is 0 Å². The Labute approximate surface area is 163 Å². The number of aryl methyl sites for hydroxylation is 1. The zero-order chi connectivity index (χ0) is 19.7. The maximum absolute atomic E-state index is 14.1. The highest BCUT2D eigenvalue weighted by Gasteiger charge is 2.38. The number of likely N-dealkylation sites (tertiary alicyclic amines) is 1. The number of benzene rings is 2. The Hall–Kier alpha value is -2.31. The molecule has 4 rings (SSSR count). The van der Waals surface area contributed by atoms with E-state index in [4.69, 9.17) is 0 Å². The predicted octanol–water partition coefficient (Wildman–Crippen LogP) is 3.39. The average molecular weight is 385 g/mol. The highest BCUT2D eigenvalue weighted by atomic mass is 19.1. The lowest BCUT2D eigenvalue weighted by molar-refractivity contribution is 0.0639. The Morgan fingerprint density at radius 1 is 1.18 bits per heavy atom. The van der Waals surface area contributed by atoms with Crippen LogP contribution in [0.1, 0.15) is 40.2 Å². The van der Waals surface area contributed by atoms with Crippen molar-refractivity contribution in [3.63, 3.8) is 0 Å². The number of carbonyl (C=O) groups excluding carboxylic acids is 1. The highest BCUT2D eigenvalue weighted by Crippen LogP contribution is 2.32. The van der Waals surface area contributed by atoms with Gasteiger partial charge in [-0.25, -0.2) is 8.78 Å². The zero-order valence-electron chi connectivity index (χ0n) is 15.9. The van der Waals surface area contributed by atoms with Crippen molar-refractivity contribution in [3.8, 4) is 0 Å². The Bertz CT molecular complexity index is 873. The van der Waals surface area contributed by atoms with Crippen molar-refractivity contribution in [1.82, 2.24) is 15.8 Å². The van der Waals surface area contributed by atoms with Crippen LogP contribution in [0.25, 0.3) is 0 Å². The summed E-state index contributed by atoms with van der Waals surface area (Å²) in [4.78, 5) is 14.5. The molecule has 4 nitrogen and oxygen atoms in total. The number of hydrogen-bond donors (Lipinski definition) is 2. The number of rotatable bonds is 3. The molecule has 2 aromatic carbocycles. The number of halogens is 2. The lowest BCUT2D eigenvalue weighted by Crippen LogP contribution is -2.48. The van der Waals surface area contributed by atoms with Crippen LogP contribution in [-0.2, 0) is 0 Å². The summed E-state index contributed by atoms with van der Waals surface area (Å²) < 4.78 is 27.6. The molecule has 0 aliphatic carbocycles. The molecular weight excluding hydrogens is 360 g/mol. The van der Waals surface area contributed by atoms with Crippen LogP contribution in [0.5, 0.6) is 0 Å². The van der Waals surface area contributed by atoms with Crippen molar-refractivity contribution in [2.45, 2.75) is 31.7 Å². The normalized spacial score (nSPS) is 25.1. The summed E-state index contributed by atoms with van der Waals surface area (Å²) in [7, 11) is 0. The van der Waals surface area contributed by atoms with Crippen molar-refractivity contribution >= 4 is 5.91 Å². The van der Waals surface area contributed by atoms with E-state index in [0.717, 1.165) is 37.6 Å². The van der Waals surface area contributed by atoms with Crippen molar-refractivity contribution in [2.75, 3.05) is 19.6 Å². The molecule has 6 heteroatoms. The van der Waals surface area contributed by atoms with E-state index in [1.54, 1.807) is 4.90 Å². The first-order valence-corrected chi connectivity index (χ1v) is 9.82. The summed E-state index contributed by atoms with van der Waals surface area (Å²) in [5.41, 5.74) is 8.98. The maximum atomic E-state index is 14.1. The Morgan fingerprint density at radius 3 is 2.86 bits per heavy atom. The van der Waals surface area contributed by atoms with Gasteiger partial charge in [0.1, 0.15) is 11.6 Å². The van der Waals surface area contributed by atoms with E-state index < -0.39 is 17.5 Å². The standard InChI is InChI=1S/C22H25F2N3O/c1-14-4-2-5-15(10-14)19-12-25-26-21(19)16-6-3-9-27(13-16)22(28)18-11-17(23)7-8-20(18)24/h2,4-5,7-8,10-11,16,19,21,25-26H,3,6,9,12-13H2,1H3. The molecule has 1 amide bonds. The van der Waals surface area contributed by atoms with Crippen LogP contribution < -0.4 is 10.9 Å². The van der Waals surface area contributed by atoms with Crippen LogP contribution >= 0.6 is 0 Å². The second-order valence-electron chi connectivity index (χ2n) is 7.85. The molecule has 0 saturated carbocycles. The van der Waals surface area contributed by atoms with Gasteiger partial charge >= 0.3 is 0 Å². The lowest BCUT2D eigenvalue weighted by atomic mass is 9.81. The van der Waals surface area contributed by atoms with Gasteiger partial charge in [0.05, 0.1) is 5.56 Å². The van der Waals surface area contributed by atoms with Crippen molar-refractivity contribution in [2.24, 2.45) is 5.92 Å². The average Bonchev–Trinajstić information content (AvgIpc) is 3.19. The molecule has 0 radical (unpaired) electrons. The third kappa shape index (κ3) is 3.80. The molecular formula is C22H25F2N3O. The molecule has 3 atom stereocenters. The fraction of sp³-hybridized carbons (Fsp3) is 0.409. The van der Waals surface area contributed by atoms with Crippen LogP contribution in [0.3, 0.4) is 0 Å². The van der Waals surface area contributed by atoms with Gasteiger partial charge in [-0.3, -0.25) is 15.6 Å². The Morgan fingerprint density at radius 2 is 2.04 bits per heavy atom. The van der Waals surface area contributed by atoms with E-state index in [9.17, 15) is 13.6 Å². The molecule has 148 valence electrons. The zero-order valence-corrected chi connectivity index (χ0v) is 15.9. The summed E-state index contributed by atoms with van der Waals surface area (Å²) in [6.45, 7) is 4.02. The summed E-state index contributed by atoms with van der Waals surface area (Å²) in [6, 6.07) is 11.7. The Balaban J connectivity index is 1.52. The highest BCUT2D eigenvalue weighted by molar-refractivity contribution is 5.94. The number of piperidine rings is 1. The van der Waals surface area contributed by atoms with E-state index in [2.05, 4.69) is 42.0 Å².